The van der Waals surface area contributed by atoms with Crippen molar-refractivity contribution in [2.45, 2.75) is 14.7 Å². The summed E-state index contributed by atoms with van der Waals surface area (Å²) < 4.78 is 24.6. The minimum Gasteiger partial charge on any atom is -0.258 e. The smallest absolute Gasteiger partial charge is 0.258 e. The number of halogens is 1. The van der Waals surface area contributed by atoms with Crippen LogP contribution in [0.1, 0.15) is 0 Å². The first kappa shape index (κ1) is 16.0. The normalized spacial score (nSPS) is 11.3. The third-order valence-corrected chi connectivity index (χ3v) is 5.39. The van der Waals surface area contributed by atoms with Gasteiger partial charge in [0, 0.05) is 32.7 Å². The highest BCUT2D eigenvalue weighted by molar-refractivity contribution is 9.10. The molecule has 0 aliphatic heterocycles. The molecule has 0 unspecified atom stereocenters. The Labute approximate surface area is 134 Å². The molecule has 0 saturated heterocycles. The van der Waals surface area contributed by atoms with Gasteiger partial charge in [0.15, 0.2) is 9.84 Å². The van der Waals surface area contributed by atoms with Crippen LogP contribution in [0.2, 0.25) is 0 Å². The first-order valence-electron chi connectivity index (χ1n) is 5.69. The quantitative estimate of drug-likeness (QED) is 0.586. The average Bonchev–Trinajstić information content (AvgIpc) is 2.37. The van der Waals surface area contributed by atoms with Gasteiger partial charge in [-0.2, -0.15) is 0 Å². The zero-order chi connectivity index (χ0) is 15.6. The van der Waals surface area contributed by atoms with Gasteiger partial charge in [0.05, 0.1) is 9.82 Å². The van der Waals surface area contributed by atoms with Crippen LogP contribution in [0, 0.1) is 10.1 Å². The third kappa shape index (κ3) is 4.05. The van der Waals surface area contributed by atoms with Gasteiger partial charge in [-0.05, 0) is 24.3 Å². The summed E-state index contributed by atoms with van der Waals surface area (Å²) in [5.74, 6) is 0. The van der Waals surface area contributed by atoms with E-state index >= 15 is 0 Å². The summed E-state index contributed by atoms with van der Waals surface area (Å²) in [5, 5.41) is 10.8. The van der Waals surface area contributed by atoms with E-state index in [9.17, 15) is 18.5 Å². The van der Waals surface area contributed by atoms with Gasteiger partial charge in [0.1, 0.15) is 0 Å². The number of hydrogen-bond acceptors (Lipinski definition) is 5. The second-order valence-electron chi connectivity index (χ2n) is 4.22. The van der Waals surface area contributed by atoms with Crippen molar-refractivity contribution in [3.05, 3.63) is 57.1 Å². The molecule has 0 N–H and O–H groups in total. The zero-order valence-electron chi connectivity index (χ0n) is 10.8. The SMILES string of the molecule is CS(=O)(=O)c1cc([N+](=O)[O-])ccc1Sc1cccc(Br)c1. The fraction of sp³-hybridized carbons (Fsp3) is 0.0769. The lowest BCUT2D eigenvalue weighted by Gasteiger charge is -2.08. The first-order valence-corrected chi connectivity index (χ1v) is 9.19. The molecule has 0 bridgehead atoms. The van der Waals surface area contributed by atoms with Gasteiger partial charge in [-0.3, -0.25) is 10.1 Å². The number of nitro benzene ring substituents is 1. The molecule has 2 rings (SSSR count). The molecule has 0 atom stereocenters. The molecule has 0 saturated carbocycles. The van der Waals surface area contributed by atoms with E-state index < -0.39 is 14.8 Å². The summed E-state index contributed by atoms with van der Waals surface area (Å²) in [7, 11) is -3.56. The minimum absolute atomic E-state index is 0.0401. The predicted molar refractivity (Wildman–Crippen MR) is 84.5 cm³/mol. The minimum atomic E-state index is -3.56. The lowest BCUT2D eigenvalue weighted by atomic mass is 10.3. The van der Waals surface area contributed by atoms with Crippen LogP contribution >= 0.6 is 27.7 Å². The topological polar surface area (TPSA) is 77.3 Å². The molecular weight excluding hydrogens is 378 g/mol. The molecule has 110 valence electrons. The van der Waals surface area contributed by atoms with Gasteiger partial charge in [-0.25, -0.2) is 8.42 Å². The van der Waals surface area contributed by atoms with E-state index in [2.05, 4.69) is 15.9 Å². The van der Waals surface area contributed by atoms with Crippen LogP contribution in [-0.2, 0) is 9.84 Å². The van der Waals surface area contributed by atoms with Crippen molar-refractivity contribution in [2.24, 2.45) is 0 Å². The van der Waals surface area contributed by atoms with E-state index in [1.807, 2.05) is 24.3 Å². The Morgan fingerprint density at radius 1 is 1.19 bits per heavy atom. The molecule has 21 heavy (non-hydrogen) atoms. The van der Waals surface area contributed by atoms with Crippen LogP contribution in [0.25, 0.3) is 0 Å². The monoisotopic (exact) mass is 387 g/mol. The van der Waals surface area contributed by atoms with Crippen LogP contribution < -0.4 is 0 Å². The molecule has 0 heterocycles. The van der Waals surface area contributed by atoms with Gasteiger partial charge in [0.2, 0.25) is 0 Å². The predicted octanol–water partition coefficient (Wildman–Crippen LogP) is 3.91. The lowest BCUT2D eigenvalue weighted by molar-refractivity contribution is -0.385. The second-order valence-corrected chi connectivity index (χ2v) is 8.23. The molecule has 0 aliphatic carbocycles. The Hall–Kier alpha value is -1.38. The number of nitrogens with zero attached hydrogens (tertiary/aromatic N) is 1. The van der Waals surface area contributed by atoms with Crippen molar-refractivity contribution in [2.75, 3.05) is 6.26 Å². The highest BCUT2D eigenvalue weighted by atomic mass is 79.9. The number of hydrogen-bond donors (Lipinski definition) is 0. The van der Waals surface area contributed by atoms with Crippen molar-refractivity contribution in [1.82, 2.24) is 0 Å². The van der Waals surface area contributed by atoms with E-state index in [0.29, 0.717) is 4.90 Å². The maximum Gasteiger partial charge on any atom is 0.270 e. The van der Waals surface area contributed by atoms with E-state index in [-0.39, 0.29) is 10.6 Å². The molecule has 2 aromatic carbocycles. The maximum atomic E-state index is 11.8. The molecule has 0 spiro atoms. The van der Waals surface area contributed by atoms with Gasteiger partial charge in [0.25, 0.3) is 5.69 Å². The van der Waals surface area contributed by atoms with Crippen LogP contribution in [0.15, 0.2) is 61.6 Å². The number of rotatable bonds is 4. The van der Waals surface area contributed by atoms with Crippen molar-refractivity contribution >= 4 is 43.2 Å². The van der Waals surface area contributed by atoms with Crippen molar-refractivity contribution in [3.8, 4) is 0 Å². The van der Waals surface area contributed by atoms with Gasteiger partial charge < -0.3 is 0 Å². The Bertz CT molecular complexity index is 806. The largest absolute Gasteiger partial charge is 0.270 e. The van der Waals surface area contributed by atoms with Gasteiger partial charge >= 0.3 is 0 Å². The fourth-order valence-corrected chi connectivity index (χ4v) is 4.42. The molecule has 2 aromatic rings. The average molecular weight is 388 g/mol. The van der Waals surface area contributed by atoms with Crippen molar-refractivity contribution in [3.63, 3.8) is 0 Å². The number of benzene rings is 2. The summed E-state index contributed by atoms with van der Waals surface area (Å²) in [4.78, 5) is 11.4. The summed E-state index contributed by atoms with van der Waals surface area (Å²) in [6.07, 6.45) is 1.04. The Morgan fingerprint density at radius 2 is 1.90 bits per heavy atom. The number of non-ortho nitro benzene ring substituents is 1. The van der Waals surface area contributed by atoms with Crippen LogP contribution in [0.3, 0.4) is 0 Å². The highest BCUT2D eigenvalue weighted by Crippen LogP contribution is 2.35. The molecule has 0 fully saturated rings. The second kappa shape index (κ2) is 6.17. The summed E-state index contributed by atoms with van der Waals surface area (Å²) >= 11 is 4.59. The third-order valence-electron chi connectivity index (χ3n) is 2.56. The van der Waals surface area contributed by atoms with E-state index in [1.165, 1.54) is 23.9 Å². The molecular formula is C13H10BrNO4S2. The highest BCUT2D eigenvalue weighted by Gasteiger charge is 2.19. The van der Waals surface area contributed by atoms with Gasteiger partial charge in [-0.15, -0.1) is 0 Å². The van der Waals surface area contributed by atoms with E-state index in [0.717, 1.165) is 21.7 Å². The molecule has 0 amide bonds. The maximum absolute atomic E-state index is 11.8. The summed E-state index contributed by atoms with van der Waals surface area (Å²) in [5.41, 5.74) is -0.242. The fourth-order valence-electron chi connectivity index (χ4n) is 1.64. The summed E-state index contributed by atoms with van der Waals surface area (Å²) in [6, 6.07) is 11.2. The first-order chi connectivity index (χ1) is 9.77. The molecule has 0 radical (unpaired) electrons. The standard InChI is InChI=1S/C13H10BrNO4S2/c1-21(18,19)13-8-10(15(16)17)5-6-12(13)20-11-4-2-3-9(14)7-11/h2-8H,1H3. The van der Waals surface area contributed by atoms with E-state index in [1.54, 1.807) is 0 Å². The number of nitro groups is 1. The Morgan fingerprint density at radius 3 is 2.48 bits per heavy atom. The number of sulfone groups is 1. The molecule has 0 aliphatic rings. The Kier molecular flexibility index (Phi) is 4.70. The van der Waals surface area contributed by atoms with E-state index in [4.69, 9.17) is 0 Å². The van der Waals surface area contributed by atoms with Crippen molar-refractivity contribution in [1.29, 1.82) is 0 Å². The van der Waals surface area contributed by atoms with Gasteiger partial charge in [-0.1, -0.05) is 33.8 Å². The Balaban J connectivity index is 2.51. The molecule has 8 heteroatoms. The summed E-state index contributed by atoms with van der Waals surface area (Å²) in [6.45, 7) is 0. The van der Waals surface area contributed by atoms with Crippen LogP contribution in [-0.4, -0.2) is 19.6 Å². The molecule has 0 aromatic heterocycles. The van der Waals surface area contributed by atoms with Crippen molar-refractivity contribution < 1.29 is 13.3 Å². The lowest BCUT2D eigenvalue weighted by Crippen LogP contribution is -2.01. The molecule has 5 nitrogen and oxygen atoms in total. The van der Waals surface area contributed by atoms with Crippen LogP contribution in [0.4, 0.5) is 5.69 Å². The van der Waals surface area contributed by atoms with Crippen LogP contribution in [0.5, 0.6) is 0 Å². The zero-order valence-corrected chi connectivity index (χ0v) is 14.0.